The minimum absolute atomic E-state index is 0.117. The molecule has 0 aliphatic carbocycles. The van der Waals surface area contributed by atoms with Crippen molar-refractivity contribution in [3.05, 3.63) is 30.3 Å². The van der Waals surface area contributed by atoms with Crippen LogP contribution >= 0.6 is 0 Å². The van der Waals surface area contributed by atoms with Crippen molar-refractivity contribution in [3.63, 3.8) is 0 Å². The molecule has 0 amide bonds. The second-order valence-electron chi connectivity index (χ2n) is 8.25. The third-order valence-electron chi connectivity index (χ3n) is 6.54. The lowest BCUT2D eigenvalue weighted by Gasteiger charge is -2.45. The van der Waals surface area contributed by atoms with Crippen molar-refractivity contribution in [1.82, 2.24) is 9.21 Å². The Kier molecular flexibility index (Phi) is 6.17. The van der Waals surface area contributed by atoms with Crippen molar-refractivity contribution >= 4 is 10.0 Å². The Bertz CT molecular complexity index is 703. The summed E-state index contributed by atoms with van der Waals surface area (Å²) < 4.78 is 34.0. The molecular weight excluding hydrogens is 360 g/mol. The third-order valence-corrected chi connectivity index (χ3v) is 8.48. The SMILES string of the molecule is O=S(=O)(c1ccccc1)N1CCC[C@@H]2[C@H]1CCCCN2CC1CCOCC1. The molecule has 3 heterocycles. The first kappa shape index (κ1) is 19.4. The van der Waals surface area contributed by atoms with Gasteiger partial charge in [-0.05, 0) is 63.1 Å². The minimum Gasteiger partial charge on any atom is -0.381 e. The molecule has 5 nitrogen and oxygen atoms in total. The first-order valence-electron chi connectivity index (χ1n) is 10.5. The Balaban J connectivity index is 1.55. The van der Waals surface area contributed by atoms with Gasteiger partial charge in [0, 0.05) is 38.4 Å². The van der Waals surface area contributed by atoms with Gasteiger partial charge >= 0.3 is 0 Å². The van der Waals surface area contributed by atoms with Crippen molar-refractivity contribution in [2.45, 2.75) is 61.9 Å². The summed E-state index contributed by atoms with van der Waals surface area (Å²) in [6.07, 6.45) is 7.63. The van der Waals surface area contributed by atoms with Gasteiger partial charge in [0.25, 0.3) is 0 Å². The van der Waals surface area contributed by atoms with Gasteiger partial charge in [-0.1, -0.05) is 24.6 Å². The minimum atomic E-state index is -3.42. The normalized spacial score (nSPS) is 29.2. The van der Waals surface area contributed by atoms with Crippen LogP contribution in [0.4, 0.5) is 0 Å². The fourth-order valence-electron chi connectivity index (χ4n) is 5.12. The van der Waals surface area contributed by atoms with Crippen LogP contribution < -0.4 is 0 Å². The summed E-state index contributed by atoms with van der Waals surface area (Å²) in [6, 6.07) is 9.45. The number of rotatable bonds is 4. The first-order chi connectivity index (χ1) is 13.2. The highest BCUT2D eigenvalue weighted by Gasteiger charge is 2.42. The van der Waals surface area contributed by atoms with E-state index in [9.17, 15) is 8.42 Å². The number of hydrogen-bond donors (Lipinski definition) is 0. The van der Waals surface area contributed by atoms with E-state index in [1.807, 2.05) is 22.5 Å². The topological polar surface area (TPSA) is 49.9 Å². The van der Waals surface area contributed by atoms with Crippen molar-refractivity contribution in [2.24, 2.45) is 5.92 Å². The number of fused-ring (bicyclic) bond motifs is 1. The van der Waals surface area contributed by atoms with Crippen LogP contribution in [0.3, 0.4) is 0 Å². The summed E-state index contributed by atoms with van der Waals surface area (Å²) in [7, 11) is -3.42. The Morgan fingerprint density at radius 1 is 0.889 bits per heavy atom. The standard InChI is InChI=1S/C21H32N2O3S/c24-27(25,19-7-2-1-3-8-19)23-14-6-10-20-21(23)9-4-5-13-22(20)17-18-11-15-26-16-12-18/h1-3,7-8,18,20-21H,4-6,9-17H2/t20-,21-/m1/s1. The van der Waals surface area contributed by atoms with E-state index >= 15 is 0 Å². The number of hydrogen-bond acceptors (Lipinski definition) is 4. The Morgan fingerprint density at radius 2 is 1.63 bits per heavy atom. The highest BCUT2D eigenvalue weighted by Crippen LogP contribution is 2.34. The molecule has 2 atom stereocenters. The predicted molar refractivity (Wildman–Crippen MR) is 106 cm³/mol. The number of benzene rings is 1. The second kappa shape index (κ2) is 8.60. The fraction of sp³-hybridized carbons (Fsp3) is 0.714. The highest BCUT2D eigenvalue weighted by atomic mass is 32.2. The van der Waals surface area contributed by atoms with Gasteiger partial charge in [0.15, 0.2) is 0 Å². The zero-order valence-corrected chi connectivity index (χ0v) is 16.9. The molecule has 0 radical (unpaired) electrons. The molecule has 0 unspecified atom stereocenters. The maximum absolute atomic E-state index is 13.3. The molecule has 27 heavy (non-hydrogen) atoms. The summed E-state index contributed by atoms with van der Waals surface area (Å²) >= 11 is 0. The van der Waals surface area contributed by atoms with E-state index in [0.717, 1.165) is 64.8 Å². The highest BCUT2D eigenvalue weighted by molar-refractivity contribution is 7.89. The first-order valence-corrected chi connectivity index (χ1v) is 12.0. The van der Waals surface area contributed by atoms with Gasteiger partial charge in [0.1, 0.15) is 0 Å². The molecule has 3 aliphatic rings. The number of nitrogens with zero attached hydrogens (tertiary/aromatic N) is 2. The van der Waals surface area contributed by atoms with Gasteiger partial charge in [-0.3, -0.25) is 4.90 Å². The van der Waals surface area contributed by atoms with Gasteiger partial charge in [-0.25, -0.2) is 8.42 Å². The van der Waals surface area contributed by atoms with E-state index in [1.165, 1.54) is 6.42 Å². The lowest BCUT2D eigenvalue weighted by molar-refractivity contribution is 0.0308. The third kappa shape index (κ3) is 4.24. The summed E-state index contributed by atoms with van der Waals surface area (Å²) in [6.45, 7) is 4.62. The molecule has 0 N–H and O–H groups in total. The summed E-state index contributed by atoms with van der Waals surface area (Å²) in [5.74, 6) is 0.693. The number of ether oxygens (including phenoxy) is 1. The fourth-order valence-corrected chi connectivity index (χ4v) is 6.86. The van der Waals surface area contributed by atoms with Gasteiger partial charge in [0.2, 0.25) is 10.0 Å². The monoisotopic (exact) mass is 392 g/mol. The van der Waals surface area contributed by atoms with Crippen molar-refractivity contribution in [2.75, 3.05) is 32.8 Å². The van der Waals surface area contributed by atoms with Gasteiger partial charge in [-0.2, -0.15) is 4.31 Å². The maximum atomic E-state index is 13.3. The molecule has 1 aromatic rings. The zero-order valence-electron chi connectivity index (χ0n) is 16.1. The van der Waals surface area contributed by atoms with E-state index in [1.54, 1.807) is 12.1 Å². The molecular formula is C21H32N2O3S. The van der Waals surface area contributed by atoms with Crippen LogP contribution in [0.15, 0.2) is 35.2 Å². The Labute approximate surface area is 163 Å². The lowest BCUT2D eigenvalue weighted by atomic mass is 9.92. The van der Waals surface area contributed by atoms with Crippen LogP contribution in [0, 0.1) is 5.92 Å². The largest absolute Gasteiger partial charge is 0.381 e. The molecule has 0 aromatic heterocycles. The van der Waals surface area contributed by atoms with Crippen LogP contribution in [0.2, 0.25) is 0 Å². The average Bonchev–Trinajstić information content (AvgIpc) is 2.92. The van der Waals surface area contributed by atoms with E-state index in [0.29, 0.717) is 23.4 Å². The smallest absolute Gasteiger partial charge is 0.243 e. The van der Waals surface area contributed by atoms with E-state index in [4.69, 9.17) is 4.74 Å². The Hall–Kier alpha value is -0.950. The quantitative estimate of drug-likeness (QED) is 0.790. The van der Waals surface area contributed by atoms with E-state index in [2.05, 4.69) is 4.90 Å². The lowest BCUT2D eigenvalue weighted by Crippen LogP contribution is -2.56. The van der Waals surface area contributed by atoms with Gasteiger partial charge in [-0.15, -0.1) is 0 Å². The molecule has 4 rings (SSSR count). The van der Waals surface area contributed by atoms with Crippen molar-refractivity contribution in [1.29, 1.82) is 0 Å². The molecule has 3 fully saturated rings. The number of likely N-dealkylation sites (tertiary alicyclic amines) is 1. The molecule has 0 spiro atoms. The average molecular weight is 393 g/mol. The van der Waals surface area contributed by atoms with Crippen LogP contribution in [-0.4, -0.2) is 62.6 Å². The van der Waals surface area contributed by atoms with E-state index in [-0.39, 0.29) is 6.04 Å². The molecule has 3 aliphatic heterocycles. The van der Waals surface area contributed by atoms with Crippen LogP contribution in [0.5, 0.6) is 0 Å². The molecule has 0 saturated carbocycles. The molecule has 150 valence electrons. The molecule has 0 bridgehead atoms. The summed E-state index contributed by atoms with van der Waals surface area (Å²) in [5, 5.41) is 0. The van der Waals surface area contributed by atoms with Crippen molar-refractivity contribution in [3.8, 4) is 0 Å². The number of piperidine rings is 1. The van der Waals surface area contributed by atoms with Crippen LogP contribution in [0.1, 0.15) is 44.9 Å². The molecule has 6 heteroatoms. The van der Waals surface area contributed by atoms with Crippen LogP contribution in [0.25, 0.3) is 0 Å². The second-order valence-corrected chi connectivity index (χ2v) is 10.1. The van der Waals surface area contributed by atoms with Crippen LogP contribution in [-0.2, 0) is 14.8 Å². The Morgan fingerprint density at radius 3 is 2.41 bits per heavy atom. The molecule has 1 aromatic carbocycles. The number of sulfonamides is 1. The predicted octanol–water partition coefficient (Wildman–Crippen LogP) is 3.12. The maximum Gasteiger partial charge on any atom is 0.243 e. The van der Waals surface area contributed by atoms with Crippen molar-refractivity contribution < 1.29 is 13.2 Å². The van der Waals surface area contributed by atoms with Gasteiger partial charge < -0.3 is 4.74 Å². The molecule has 3 saturated heterocycles. The summed E-state index contributed by atoms with van der Waals surface area (Å²) in [5.41, 5.74) is 0. The summed E-state index contributed by atoms with van der Waals surface area (Å²) in [4.78, 5) is 3.06. The van der Waals surface area contributed by atoms with Gasteiger partial charge in [0.05, 0.1) is 4.90 Å². The van der Waals surface area contributed by atoms with E-state index < -0.39 is 10.0 Å². The zero-order chi connectivity index (χ0) is 18.7.